The zero-order valence-corrected chi connectivity index (χ0v) is 18.8. The van der Waals surface area contributed by atoms with Crippen LogP contribution >= 0.6 is 0 Å². The van der Waals surface area contributed by atoms with E-state index in [2.05, 4.69) is 13.8 Å². The Kier molecular flexibility index (Phi) is 4.26. The number of hydrogen-bond donors (Lipinski definition) is 1. The van der Waals surface area contributed by atoms with Gasteiger partial charge in [0, 0.05) is 24.5 Å². The lowest BCUT2D eigenvalue weighted by molar-refractivity contribution is -0.169. The molecule has 166 valence electrons. The molecule has 1 saturated heterocycles. The van der Waals surface area contributed by atoms with Crippen LogP contribution in [0.2, 0.25) is 0 Å². The Bertz CT molecular complexity index is 953. The molecule has 0 radical (unpaired) electrons. The molecule has 8 unspecified atom stereocenters. The molecule has 5 rings (SSSR count). The van der Waals surface area contributed by atoms with E-state index in [0.29, 0.717) is 31.3 Å². The van der Waals surface area contributed by atoms with Crippen LogP contribution in [0.5, 0.6) is 0 Å². The topological polar surface area (TPSA) is 97.7 Å². The summed E-state index contributed by atoms with van der Waals surface area (Å²) < 4.78 is 32.0. The number of hydrogen-bond acceptors (Lipinski definition) is 6. The van der Waals surface area contributed by atoms with E-state index < -0.39 is 26.8 Å². The van der Waals surface area contributed by atoms with E-state index in [1.807, 2.05) is 0 Å². The summed E-state index contributed by atoms with van der Waals surface area (Å²) in [6.45, 7) is 4.30. The van der Waals surface area contributed by atoms with Crippen molar-refractivity contribution < 1.29 is 27.9 Å². The van der Waals surface area contributed by atoms with Gasteiger partial charge in [-0.3, -0.25) is 9.59 Å². The van der Waals surface area contributed by atoms with Crippen molar-refractivity contribution in [1.29, 1.82) is 0 Å². The lowest BCUT2D eigenvalue weighted by Gasteiger charge is -2.61. The third-order valence-electron chi connectivity index (χ3n) is 9.85. The normalized spacial score (nSPS) is 50.5. The number of sulfone groups is 1. The minimum atomic E-state index is -3.56. The second-order valence-corrected chi connectivity index (χ2v) is 13.2. The van der Waals surface area contributed by atoms with Crippen LogP contribution in [0.25, 0.3) is 0 Å². The molecule has 0 aromatic rings. The van der Waals surface area contributed by atoms with Crippen molar-refractivity contribution in [2.45, 2.75) is 82.2 Å². The van der Waals surface area contributed by atoms with Crippen molar-refractivity contribution in [2.24, 2.45) is 28.6 Å². The van der Waals surface area contributed by atoms with Crippen LogP contribution in [-0.2, 0) is 24.2 Å². The molecule has 0 bridgehead atoms. The highest BCUT2D eigenvalue weighted by Gasteiger charge is 2.70. The van der Waals surface area contributed by atoms with Gasteiger partial charge in [0.25, 0.3) is 0 Å². The average molecular weight is 437 g/mol. The summed E-state index contributed by atoms with van der Waals surface area (Å²) in [6.07, 6.45) is 7.15. The van der Waals surface area contributed by atoms with Crippen LogP contribution in [0.3, 0.4) is 0 Å². The molecule has 0 amide bonds. The number of fused-ring (bicyclic) bond motifs is 6. The maximum Gasteiger partial charge on any atom is 0.306 e. The molecule has 5 aliphatic rings. The fraction of sp³-hybridized carbons (Fsp3) is 0.826. The van der Waals surface area contributed by atoms with Crippen LogP contribution in [0.15, 0.2) is 11.6 Å². The molecule has 0 aromatic heterocycles. The van der Waals surface area contributed by atoms with Crippen LogP contribution in [0.4, 0.5) is 0 Å². The lowest BCUT2D eigenvalue weighted by Crippen LogP contribution is -2.63. The Balaban J connectivity index is 1.64. The molecule has 1 aliphatic heterocycles. The Hall–Kier alpha value is -1.21. The second kappa shape index (κ2) is 6.18. The minimum absolute atomic E-state index is 0.0226. The van der Waals surface area contributed by atoms with E-state index in [1.54, 1.807) is 0 Å². The lowest BCUT2D eigenvalue weighted by atomic mass is 9.45. The van der Waals surface area contributed by atoms with Gasteiger partial charge in [0.05, 0.1) is 11.4 Å². The summed E-state index contributed by atoms with van der Waals surface area (Å²) in [6, 6.07) is 0. The smallest absolute Gasteiger partial charge is 0.306 e. The third kappa shape index (κ3) is 2.48. The van der Waals surface area contributed by atoms with Crippen molar-refractivity contribution in [2.75, 3.05) is 6.26 Å². The highest BCUT2D eigenvalue weighted by atomic mass is 32.2. The quantitative estimate of drug-likeness (QED) is 0.635. The summed E-state index contributed by atoms with van der Waals surface area (Å²) in [5.74, 6) is -0.184. The molecular weight excluding hydrogens is 404 g/mol. The van der Waals surface area contributed by atoms with E-state index in [4.69, 9.17) is 4.74 Å². The Morgan fingerprint density at radius 2 is 1.73 bits per heavy atom. The fourth-order valence-electron chi connectivity index (χ4n) is 8.36. The summed E-state index contributed by atoms with van der Waals surface area (Å²) in [5, 5.41) is 10.4. The van der Waals surface area contributed by atoms with Gasteiger partial charge < -0.3 is 9.84 Å². The first-order valence-corrected chi connectivity index (χ1v) is 13.2. The zero-order valence-electron chi connectivity index (χ0n) is 18.0. The molecule has 8 atom stereocenters. The van der Waals surface area contributed by atoms with Gasteiger partial charge in [0.2, 0.25) is 0 Å². The molecule has 3 saturated carbocycles. The fourth-order valence-corrected chi connectivity index (χ4v) is 9.93. The van der Waals surface area contributed by atoms with E-state index in [-0.39, 0.29) is 40.3 Å². The Morgan fingerprint density at radius 3 is 2.37 bits per heavy atom. The number of ketones is 1. The van der Waals surface area contributed by atoms with Crippen LogP contribution in [0, 0.1) is 28.6 Å². The third-order valence-corrected chi connectivity index (χ3v) is 11.4. The molecule has 6 nitrogen and oxygen atoms in total. The largest absolute Gasteiger partial charge is 0.458 e. The van der Waals surface area contributed by atoms with Gasteiger partial charge in [-0.25, -0.2) is 8.42 Å². The highest BCUT2D eigenvalue weighted by Crippen LogP contribution is 2.70. The number of esters is 1. The first-order valence-electron chi connectivity index (χ1n) is 11.3. The number of ether oxygens (including phenoxy) is 1. The zero-order chi connectivity index (χ0) is 21.7. The molecule has 7 heteroatoms. The molecule has 1 heterocycles. The number of carbonyl (C=O) groups excluding carboxylic acids is 2. The van der Waals surface area contributed by atoms with E-state index >= 15 is 0 Å². The average Bonchev–Trinajstić information content (AvgIpc) is 3.17. The van der Waals surface area contributed by atoms with Crippen molar-refractivity contribution in [1.82, 2.24) is 0 Å². The molecule has 1 N–H and O–H groups in total. The van der Waals surface area contributed by atoms with Gasteiger partial charge in [-0.15, -0.1) is 0 Å². The minimum Gasteiger partial charge on any atom is -0.458 e. The van der Waals surface area contributed by atoms with Gasteiger partial charge in [-0.1, -0.05) is 13.8 Å². The number of carbonyl (C=O) groups is 2. The predicted molar refractivity (Wildman–Crippen MR) is 110 cm³/mol. The molecule has 4 fully saturated rings. The predicted octanol–water partition coefficient (Wildman–Crippen LogP) is 2.59. The van der Waals surface area contributed by atoms with Crippen LogP contribution in [-0.4, -0.2) is 48.5 Å². The van der Waals surface area contributed by atoms with Crippen LogP contribution < -0.4 is 0 Å². The van der Waals surface area contributed by atoms with Crippen molar-refractivity contribution in [3.05, 3.63) is 11.6 Å². The summed E-state index contributed by atoms with van der Waals surface area (Å²) in [5.41, 5.74) is -0.501. The molecular formula is C23H32O6S. The van der Waals surface area contributed by atoms with Gasteiger partial charge in [-0.2, -0.15) is 0 Å². The highest BCUT2D eigenvalue weighted by molar-refractivity contribution is 7.91. The first kappa shape index (κ1) is 20.7. The Morgan fingerprint density at radius 1 is 1.03 bits per heavy atom. The van der Waals surface area contributed by atoms with E-state index in [0.717, 1.165) is 25.7 Å². The standard InChI is InChI=1S/C23H32O6S/c1-21-8-4-13(24)12-16(21)19(26)20(30(3,27)28)18-14(21)5-9-22(2)15(18)6-10-23(22)11-7-17(25)29-23/h12,14-15,18-20,26H,4-11H2,1-3H3. The second-order valence-electron chi connectivity index (χ2n) is 11.0. The number of aliphatic hydroxyl groups excluding tert-OH is 1. The van der Waals surface area contributed by atoms with Crippen molar-refractivity contribution in [3.8, 4) is 0 Å². The summed E-state index contributed by atoms with van der Waals surface area (Å²) in [4.78, 5) is 24.2. The van der Waals surface area contributed by atoms with E-state index in [9.17, 15) is 23.1 Å². The summed E-state index contributed by atoms with van der Waals surface area (Å²) >= 11 is 0. The SMILES string of the molecule is CC12CCC(=O)C=C1C(O)C(S(C)(=O)=O)C1C2CCC2(C)C1CCC21CCC(=O)O1. The maximum atomic E-state index is 13.0. The molecule has 30 heavy (non-hydrogen) atoms. The monoisotopic (exact) mass is 436 g/mol. The Labute approximate surface area is 178 Å². The van der Waals surface area contributed by atoms with Crippen LogP contribution in [0.1, 0.15) is 65.2 Å². The molecule has 1 spiro atoms. The number of rotatable bonds is 1. The molecule has 0 aromatic carbocycles. The van der Waals surface area contributed by atoms with Gasteiger partial charge in [-0.05, 0) is 73.3 Å². The van der Waals surface area contributed by atoms with Gasteiger partial charge in [0.15, 0.2) is 15.6 Å². The first-order chi connectivity index (χ1) is 13.9. The van der Waals surface area contributed by atoms with Gasteiger partial charge in [0.1, 0.15) is 5.60 Å². The van der Waals surface area contributed by atoms with Crippen molar-refractivity contribution >= 4 is 21.6 Å². The van der Waals surface area contributed by atoms with Gasteiger partial charge >= 0.3 is 5.97 Å². The summed E-state index contributed by atoms with van der Waals surface area (Å²) in [7, 11) is -3.56. The van der Waals surface area contributed by atoms with Crippen molar-refractivity contribution in [3.63, 3.8) is 0 Å². The number of aliphatic hydroxyl groups is 1. The molecule has 4 aliphatic carbocycles. The van der Waals surface area contributed by atoms with E-state index in [1.165, 1.54) is 12.3 Å². The maximum absolute atomic E-state index is 13.0.